The fraction of sp³-hybridized carbons (Fsp3) is 0.379. The van der Waals surface area contributed by atoms with Gasteiger partial charge in [0.1, 0.15) is 18.0 Å². The van der Waals surface area contributed by atoms with Crippen LogP contribution in [0.3, 0.4) is 0 Å². The highest BCUT2D eigenvalue weighted by Crippen LogP contribution is 2.24. The van der Waals surface area contributed by atoms with E-state index < -0.39 is 23.1 Å². The average molecular weight is 489 g/mol. The Bertz CT molecular complexity index is 1270. The summed E-state index contributed by atoms with van der Waals surface area (Å²) in [5, 5.41) is 1.04. The van der Waals surface area contributed by atoms with Crippen LogP contribution in [-0.2, 0) is 16.1 Å². The molecule has 0 radical (unpaired) electrons. The summed E-state index contributed by atoms with van der Waals surface area (Å²) in [5.41, 5.74) is 2.65. The highest BCUT2D eigenvalue weighted by molar-refractivity contribution is 6.44. The maximum absolute atomic E-state index is 12.8. The Hall–Kier alpha value is -3.74. The minimum Gasteiger partial charge on any atom is -0.489 e. The predicted octanol–water partition coefficient (Wildman–Crippen LogP) is 5.52. The van der Waals surface area contributed by atoms with Gasteiger partial charge in [0, 0.05) is 41.2 Å². The SMILES string of the molecule is Cc1cc(COc2ccc(C(=O)C(=O)C3CCN(C(=O)OC(C)(C)C)CC3)cc2)c2ccccc2n1. The Morgan fingerprint density at radius 2 is 1.67 bits per heavy atom. The average Bonchev–Trinajstić information content (AvgIpc) is 2.85. The van der Waals surface area contributed by atoms with Crippen LogP contribution in [0.2, 0.25) is 0 Å². The third kappa shape index (κ3) is 6.08. The smallest absolute Gasteiger partial charge is 0.410 e. The molecule has 0 aliphatic carbocycles. The molecule has 1 aromatic heterocycles. The van der Waals surface area contributed by atoms with Crippen molar-refractivity contribution in [1.29, 1.82) is 0 Å². The number of aromatic nitrogens is 1. The number of nitrogens with zero attached hydrogens (tertiary/aromatic N) is 2. The van der Waals surface area contributed by atoms with Crippen LogP contribution in [0.15, 0.2) is 54.6 Å². The van der Waals surface area contributed by atoms with Crippen molar-refractivity contribution in [3.8, 4) is 5.75 Å². The summed E-state index contributed by atoms with van der Waals surface area (Å²) in [5.74, 6) is -0.696. The van der Waals surface area contributed by atoms with Gasteiger partial charge in [0.25, 0.3) is 0 Å². The second-order valence-corrected chi connectivity index (χ2v) is 10.2. The van der Waals surface area contributed by atoms with E-state index in [9.17, 15) is 14.4 Å². The number of piperidine rings is 1. The first-order chi connectivity index (χ1) is 17.1. The van der Waals surface area contributed by atoms with Crippen LogP contribution in [0, 0.1) is 12.8 Å². The van der Waals surface area contributed by atoms with Gasteiger partial charge in [-0.15, -0.1) is 0 Å². The molecule has 0 bridgehead atoms. The quantitative estimate of drug-likeness (QED) is 0.335. The molecule has 188 valence electrons. The summed E-state index contributed by atoms with van der Waals surface area (Å²) in [4.78, 5) is 44.0. The number of hydrogen-bond donors (Lipinski definition) is 0. The number of aryl methyl sites for hydroxylation is 1. The van der Waals surface area contributed by atoms with Crippen molar-refractivity contribution in [3.63, 3.8) is 0 Å². The van der Waals surface area contributed by atoms with Gasteiger partial charge in [-0.2, -0.15) is 0 Å². The molecule has 1 aliphatic rings. The minimum absolute atomic E-state index is 0.340. The molecular weight excluding hydrogens is 456 g/mol. The summed E-state index contributed by atoms with van der Waals surface area (Å²) in [6.07, 6.45) is 0.513. The Kier molecular flexibility index (Phi) is 7.38. The van der Waals surface area contributed by atoms with Crippen molar-refractivity contribution < 1.29 is 23.9 Å². The molecule has 0 spiro atoms. The first-order valence-corrected chi connectivity index (χ1v) is 12.3. The number of para-hydroxylation sites is 1. The van der Waals surface area contributed by atoms with Crippen molar-refractivity contribution in [3.05, 3.63) is 71.4 Å². The van der Waals surface area contributed by atoms with E-state index in [0.29, 0.717) is 43.9 Å². The van der Waals surface area contributed by atoms with Gasteiger partial charge in [-0.3, -0.25) is 14.6 Å². The Morgan fingerprint density at radius 1 is 1.00 bits per heavy atom. The molecule has 0 N–H and O–H groups in total. The summed E-state index contributed by atoms with van der Waals surface area (Å²) < 4.78 is 11.4. The molecule has 0 saturated carbocycles. The first-order valence-electron chi connectivity index (χ1n) is 12.3. The monoisotopic (exact) mass is 488 g/mol. The number of carbonyl (C=O) groups excluding carboxylic acids is 3. The molecule has 0 unspecified atom stereocenters. The van der Waals surface area contributed by atoms with E-state index in [1.165, 1.54) is 0 Å². The third-order valence-electron chi connectivity index (χ3n) is 6.18. The van der Waals surface area contributed by atoms with Gasteiger partial charge < -0.3 is 14.4 Å². The van der Waals surface area contributed by atoms with Crippen LogP contribution in [0.5, 0.6) is 5.75 Å². The van der Waals surface area contributed by atoms with E-state index >= 15 is 0 Å². The highest BCUT2D eigenvalue weighted by atomic mass is 16.6. The molecule has 1 aliphatic heterocycles. The zero-order valence-electron chi connectivity index (χ0n) is 21.2. The van der Waals surface area contributed by atoms with Crippen LogP contribution in [0.25, 0.3) is 10.9 Å². The molecule has 4 rings (SSSR count). The number of likely N-dealkylation sites (tertiary alicyclic amines) is 1. The number of rotatable bonds is 6. The molecule has 7 heteroatoms. The molecule has 7 nitrogen and oxygen atoms in total. The molecule has 3 aromatic rings. The van der Waals surface area contributed by atoms with Gasteiger partial charge in [-0.1, -0.05) is 18.2 Å². The standard InChI is InChI=1S/C29H32N2O5/c1-19-17-22(24-7-5-6-8-25(24)30-19)18-35-23-11-9-20(10-12-23)26(32)27(33)21-13-15-31(16-14-21)28(34)36-29(2,3)4/h5-12,17,21H,13-16,18H2,1-4H3. The van der Waals surface area contributed by atoms with Gasteiger partial charge in [0.15, 0.2) is 0 Å². The van der Waals surface area contributed by atoms with E-state index in [1.807, 2.05) is 58.0 Å². The lowest BCUT2D eigenvalue weighted by atomic mass is 9.88. The minimum atomic E-state index is -0.569. The molecule has 2 aromatic carbocycles. The van der Waals surface area contributed by atoms with E-state index in [1.54, 1.807) is 29.2 Å². The summed E-state index contributed by atoms with van der Waals surface area (Å²) in [6.45, 7) is 8.57. The van der Waals surface area contributed by atoms with Crippen molar-refractivity contribution >= 4 is 28.6 Å². The second kappa shape index (κ2) is 10.5. The zero-order valence-corrected chi connectivity index (χ0v) is 21.2. The molecule has 1 saturated heterocycles. The molecular formula is C29H32N2O5. The lowest BCUT2D eigenvalue weighted by Crippen LogP contribution is -2.43. The van der Waals surface area contributed by atoms with Crippen molar-refractivity contribution in [2.45, 2.75) is 52.7 Å². The van der Waals surface area contributed by atoms with Crippen LogP contribution in [0.4, 0.5) is 4.79 Å². The maximum atomic E-state index is 12.8. The van der Waals surface area contributed by atoms with Crippen molar-refractivity contribution in [2.24, 2.45) is 5.92 Å². The molecule has 0 atom stereocenters. The summed E-state index contributed by atoms with van der Waals surface area (Å²) >= 11 is 0. The zero-order chi connectivity index (χ0) is 25.9. The predicted molar refractivity (Wildman–Crippen MR) is 137 cm³/mol. The lowest BCUT2D eigenvalue weighted by molar-refractivity contribution is -0.120. The van der Waals surface area contributed by atoms with E-state index in [2.05, 4.69) is 4.98 Å². The molecule has 1 fully saturated rings. The Labute approximate surface area is 211 Å². The van der Waals surface area contributed by atoms with Gasteiger partial charge in [-0.25, -0.2) is 4.79 Å². The Balaban J connectivity index is 1.33. The van der Waals surface area contributed by atoms with Gasteiger partial charge in [-0.05, 0) is 76.9 Å². The largest absolute Gasteiger partial charge is 0.489 e. The highest BCUT2D eigenvalue weighted by Gasteiger charge is 2.32. The van der Waals surface area contributed by atoms with Gasteiger partial charge >= 0.3 is 6.09 Å². The fourth-order valence-corrected chi connectivity index (χ4v) is 4.36. The fourth-order valence-electron chi connectivity index (χ4n) is 4.36. The summed E-state index contributed by atoms with van der Waals surface area (Å²) in [7, 11) is 0. The lowest BCUT2D eigenvalue weighted by Gasteiger charge is -2.32. The third-order valence-corrected chi connectivity index (χ3v) is 6.18. The van der Waals surface area contributed by atoms with Crippen LogP contribution in [-0.4, -0.2) is 46.2 Å². The topological polar surface area (TPSA) is 85.8 Å². The first kappa shape index (κ1) is 25.4. The number of benzene rings is 2. The van der Waals surface area contributed by atoms with Crippen LogP contribution < -0.4 is 4.74 Å². The number of pyridine rings is 1. The van der Waals surface area contributed by atoms with Crippen molar-refractivity contribution in [2.75, 3.05) is 13.1 Å². The van der Waals surface area contributed by atoms with E-state index in [-0.39, 0.29) is 6.09 Å². The molecule has 2 heterocycles. The Morgan fingerprint density at radius 3 is 2.33 bits per heavy atom. The van der Waals surface area contributed by atoms with Gasteiger partial charge in [0.05, 0.1) is 5.52 Å². The van der Waals surface area contributed by atoms with Gasteiger partial charge in [0.2, 0.25) is 11.6 Å². The number of amides is 1. The molecule has 36 heavy (non-hydrogen) atoms. The number of carbonyl (C=O) groups is 3. The van der Waals surface area contributed by atoms with Crippen LogP contribution >= 0.6 is 0 Å². The van der Waals surface area contributed by atoms with Crippen LogP contribution in [0.1, 0.15) is 55.2 Å². The number of ketones is 2. The maximum Gasteiger partial charge on any atom is 0.410 e. The normalized spacial score (nSPS) is 14.5. The molecule has 1 amide bonds. The van der Waals surface area contributed by atoms with Crippen molar-refractivity contribution in [1.82, 2.24) is 9.88 Å². The number of fused-ring (bicyclic) bond motifs is 1. The number of Topliss-reactive ketones (excluding diaryl/α,β-unsaturated/α-hetero) is 2. The number of hydrogen-bond acceptors (Lipinski definition) is 6. The van der Waals surface area contributed by atoms with E-state index in [0.717, 1.165) is 22.2 Å². The van der Waals surface area contributed by atoms with E-state index in [4.69, 9.17) is 9.47 Å². The number of ether oxygens (including phenoxy) is 2. The second-order valence-electron chi connectivity index (χ2n) is 10.2. The summed E-state index contributed by atoms with van der Waals surface area (Å²) in [6, 6.07) is 16.6.